The first-order valence-corrected chi connectivity index (χ1v) is 11.1. The molecule has 6 nitrogen and oxygen atoms in total. The van der Waals surface area contributed by atoms with E-state index in [1.807, 2.05) is 47.0 Å². The molecular formula is C24H17ClN2O4S. The van der Waals surface area contributed by atoms with Gasteiger partial charge < -0.3 is 13.7 Å². The lowest BCUT2D eigenvalue weighted by atomic mass is 10.0. The van der Waals surface area contributed by atoms with Gasteiger partial charge in [-0.1, -0.05) is 59.3 Å². The van der Waals surface area contributed by atoms with E-state index in [0.717, 1.165) is 21.0 Å². The smallest absolute Gasteiger partial charge is 0.349 e. The molecule has 5 aromatic rings. The number of fused-ring (bicyclic) bond motifs is 4. The maximum atomic E-state index is 13.1. The van der Waals surface area contributed by atoms with Crippen molar-refractivity contribution in [2.75, 3.05) is 13.7 Å². The average Bonchev–Trinajstić information content (AvgIpc) is 3.15. The fraction of sp³-hybridized carbons (Fsp3) is 0.125. The molecule has 0 bridgehead atoms. The summed E-state index contributed by atoms with van der Waals surface area (Å²) in [6, 6.07) is 18.4. The Hall–Kier alpha value is -3.26. The summed E-state index contributed by atoms with van der Waals surface area (Å²) >= 11 is 7.73. The molecule has 32 heavy (non-hydrogen) atoms. The van der Waals surface area contributed by atoms with Gasteiger partial charge in [-0.3, -0.25) is 4.79 Å². The van der Waals surface area contributed by atoms with E-state index in [1.54, 1.807) is 25.3 Å². The van der Waals surface area contributed by atoms with Gasteiger partial charge in [0.05, 0.1) is 21.8 Å². The highest BCUT2D eigenvalue weighted by Crippen LogP contribution is 2.26. The molecule has 2 heterocycles. The number of amides is 1. The van der Waals surface area contributed by atoms with Gasteiger partial charge >= 0.3 is 5.63 Å². The molecule has 160 valence electrons. The monoisotopic (exact) mass is 464 g/mol. The number of benzene rings is 3. The van der Waals surface area contributed by atoms with Gasteiger partial charge in [0, 0.05) is 19.0 Å². The molecule has 0 fully saturated rings. The van der Waals surface area contributed by atoms with Crippen LogP contribution in [0.1, 0.15) is 10.4 Å². The number of methoxy groups -OCH3 is 1. The Kier molecular flexibility index (Phi) is 5.38. The number of para-hydroxylation sites is 1. The lowest BCUT2D eigenvalue weighted by Crippen LogP contribution is -2.21. The van der Waals surface area contributed by atoms with Crippen molar-refractivity contribution in [2.24, 2.45) is 4.99 Å². The van der Waals surface area contributed by atoms with Crippen LogP contribution in [0, 0.1) is 0 Å². The third kappa shape index (κ3) is 3.54. The van der Waals surface area contributed by atoms with E-state index in [-0.39, 0.29) is 5.56 Å². The van der Waals surface area contributed by atoms with Gasteiger partial charge in [-0.15, -0.1) is 0 Å². The summed E-state index contributed by atoms with van der Waals surface area (Å²) in [5.74, 6) is -0.664. The van der Waals surface area contributed by atoms with Gasteiger partial charge in [-0.2, -0.15) is 4.99 Å². The van der Waals surface area contributed by atoms with E-state index in [9.17, 15) is 9.59 Å². The van der Waals surface area contributed by atoms with E-state index in [0.29, 0.717) is 33.9 Å². The van der Waals surface area contributed by atoms with Crippen molar-refractivity contribution in [3.8, 4) is 0 Å². The Morgan fingerprint density at radius 1 is 1.12 bits per heavy atom. The number of carbonyl (C=O) groups is 1. The Labute approximate surface area is 191 Å². The van der Waals surface area contributed by atoms with Crippen LogP contribution < -0.4 is 10.4 Å². The van der Waals surface area contributed by atoms with Crippen molar-refractivity contribution < 1.29 is 13.9 Å². The van der Waals surface area contributed by atoms with Gasteiger partial charge in [0.1, 0.15) is 11.1 Å². The quantitative estimate of drug-likeness (QED) is 0.277. The molecule has 2 aromatic heterocycles. The molecule has 0 unspecified atom stereocenters. The van der Waals surface area contributed by atoms with Crippen LogP contribution in [-0.4, -0.2) is 24.2 Å². The third-order valence-corrected chi connectivity index (χ3v) is 6.59. The second-order valence-corrected chi connectivity index (χ2v) is 8.59. The summed E-state index contributed by atoms with van der Waals surface area (Å²) < 4.78 is 13.4. The number of ether oxygens (including phenoxy) is 1. The van der Waals surface area contributed by atoms with E-state index in [2.05, 4.69) is 4.99 Å². The molecule has 0 radical (unpaired) electrons. The van der Waals surface area contributed by atoms with Crippen LogP contribution in [0.3, 0.4) is 0 Å². The predicted molar refractivity (Wildman–Crippen MR) is 127 cm³/mol. The van der Waals surface area contributed by atoms with Crippen LogP contribution >= 0.6 is 22.9 Å². The van der Waals surface area contributed by atoms with E-state index < -0.39 is 11.5 Å². The highest BCUT2D eigenvalue weighted by Gasteiger charge is 2.16. The van der Waals surface area contributed by atoms with Crippen LogP contribution in [0.2, 0.25) is 5.02 Å². The maximum Gasteiger partial charge on any atom is 0.349 e. The maximum absolute atomic E-state index is 13.1. The van der Waals surface area contributed by atoms with Crippen molar-refractivity contribution in [3.05, 3.63) is 86.5 Å². The average molecular weight is 465 g/mol. The topological polar surface area (TPSA) is 73.8 Å². The van der Waals surface area contributed by atoms with Gasteiger partial charge in [-0.05, 0) is 35.0 Å². The van der Waals surface area contributed by atoms with Crippen molar-refractivity contribution >= 4 is 60.8 Å². The summed E-state index contributed by atoms with van der Waals surface area (Å²) in [4.78, 5) is 30.4. The Morgan fingerprint density at radius 2 is 1.97 bits per heavy atom. The number of hydrogen-bond donors (Lipinski definition) is 0. The number of thiazole rings is 1. The summed E-state index contributed by atoms with van der Waals surface area (Å²) in [5.41, 5.74) is 0.369. The number of rotatable bonds is 4. The molecule has 3 aromatic carbocycles. The second-order valence-electron chi connectivity index (χ2n) is 7.18. The minimum Gasteiger partial charge on any atom is -0.422 e. The largest absolute Gasteiger partial charge is 0.422 e. The molecule has 0 aliphatic heterocycles. The Morgan fingerprint density at radius 3 is 2.81 bits per heavy atom. The molecule has 0 aliphatic rings. The molecule has 0 spiro atoms. The fourth-order valence-electron chi connectivity index (χ4n) is 3.73. The zero-order valence-corrected chi connectivity index (χ0v) is 18.6. The summed E-state index contributed by atoms with van der Waals surface area (Å²) in [6.07, 6.45) is 0. The highest BCUT2D eigenvalue weighted by atomic mass is 35.5. The van der Waals surface area contributed by atoms with E-state index in [4.69, 9.17) is 20.8 Å². The Bertz CT molecular complexity index is 1630. The van der Waals surface area contributed by atoms with Crippen molar-refractivity contribution in [2.45, 2.75) is 6.54 Å². The van der Waals surface area contributed by atoms with Crippen LogP contribution in [0.25, 0.3) is 32.0 Å². The fourth-order valence-corrected chi connectivity index (χ4v) is 5.14. The standard InChI is InChI=1S/C24H17ClN2O4S/c1-30-12-11-27-21-18(25)7-4-8-20(21)32-24(27)26-22(28)17-13-16-15-6-3-2-5-14(15)9-10-19(16)31-23(17)29/h2-10,13H,11-12H2,1H3. The van der Waals surface area contributed by atoms with Crippen molar-refractivity contribution in [1.82, 2.24) is 4.57 Å². The summed E-state index contributed by atoms with van der Waals surface area (Å²) in [5, 5.41) is 3.13. The SMILES string of the molecule is COCCn1c(=NC(=O)c2cc3c(ccc4ccccc43)oc2=O)sc2cccc(Cl)c21. The van der Waals surface area contributed by atoms with E-state index in [1.165, 1.54) is 11.3 Å². The molecule has 0 aliphatic carbocycles. The first-order valence-electron chi connectivity index (χ1n) is 9.88. The molecule has 5 rings (SSSR count). The number of aromatic nitrogens is 1. The van der Waals surface area contributed by atoms with Crippen LogP contribution in [-0.2, 0) is 11.3 Å². The second kappa shape index (κ2) is 8.35. The van der Waals surface area contributed by atoms with Crippen LogP contribution in [0.5, 0.6) is 0 Å². The van der Waals surface area contributed by atoms with E-state index >= 15 is 0 Å². The molecule has 0 saturated heterocycles. The number of halogens is 1. The Balaban J connectivity index is 1.70. The van der Waals surface area contributed by atoms with Crippen LogP contribution in [0.4, 0.5) is 0 Å². The predicted octanol–water partition coefficient (Wildman–Crippen LogP) is 5.00. The van der Waals surface area contributed by atoms with Crippen molar-refractivity contribution in [1.29, 1.82) is 0 Å². The minimum absolute atomic E-state index is 0.115. The normalized spacial score (nSPS) is 12.2. The molecule has 0 N–H and O–H groups in total. The minimum atomic E-state index is -0.718. The molecule has 0 saturated carbocycles. The molecule has 8 heteroatoms. The zero-order chi connectivity index (χ0) is 22.2. The van der Waals surface area contributed by atoms with Crippen molar-refractivity contribution in [3.63, 3.8) is 0 Å². The molecular weight excluding hydrogens is 448 g/mol. The van der Waals surface area contributed by atoms with Gasteiger partial charge in [-0.25, -0.2) is 4.79 Å². The number of carbonyl (C=O) groups excluding carboxylic acids is 1. The summed E-state index contributed by atoms with van der Waals surface area (Å²) in [6.45, 7) is 0.881. The lowest BCUT2D eigenvalue weighted by Gasteiger charge is -2.06. The van der Waals surface area contributed by atoms with Gasteiger partial charge in [0.15, 0.2) is 4.80 Å². The zero-order valence-electron chi connectivity index (χ0n) is 17.0. The number of nitrogens with zero attached hydrogens (tertiary/aromatic N) is 2. The highest BCUT2D eigenvalue weighted by molar-refractivity contribution is 7.16. The molecule has 1 amide bonds. The number of hydrogen-bond acceptors (Lipinski definition) is 5. The van der Waals surface area contributed by atoms with Crippen LogP contribution in [0.15, 0.2) is 74.9 Å². The lowest BCUT2D eigenvalue weighted by molar-refractivity contribution is 0.0994. The molecule has 0 atom stereocenters. The first-order chi connectivity index (χ1) is 15.6. The first kappa shape index (κ1) is 20.6. The summed E-state index contributed by atoms with van der Waals surface area (Å²) in [7, 11) is 1.60. The third-order valence-electron chi connectivity index (χ3n) is 5.24. The van der Waals surface area contributed by atoms with Gasteiger partial charge in [0.2, 0.25) is 0 Å². The van der Waals surface area contributed by atoms with Gasteiger partial charge in [0.25, 0.3) is 5.91 Å².